The predicted molar refractivity (Wildman–Crippen MR) is 100 cm³/mol. The minimum absolute atomic E-state index is 0.0354. The Hall–Kier alpha value is -2.54. The lowest BCUT2D eigenvalue weighted by Gasteiger charge is -2.23. The molecule has 1 aromatic heterocycles. The normalized spacial score (nSPS) is 14.7. The topological polar surface area (TPSA) is 59.1 Å². The second-order valence-electron chi connectivity index (χ2n) is 5.98. The van der Waals surface area contributed by atoms with Crippen LogP contribution >= 0.6 is 11.3 Å². The molecule has 2 aromatic rings. The van der Waals surface area contributed by atoms with Gasteiger partial charge < -0.3 is 19.3 Å². The van der Waals surface area contributed by atoms with Gasteiger partial charge in [-0.25, -0.2) is 0 Å². The summed E-state index contributed by atoms with van der Waals surface area (Å²) in [6, 6.07) is 8.90. The number of methoxy groups -OCH3 is 2. The number of rotatable bonds is 4. The van der Waals surface area contributed by atoms with E-state index < -0.39 is 0 Å². The summed E-state index contributed by atoms with van der Waals surface area (Å²) in [6.07, 6.45) is 0.745. The van der Waals surface area contributed by atoms with Crippen LogP contribution in [0, 0.1) is 0 Å². The smallest absolute Gasteiger partial charge is 0.263 e. The van der Waals surface area contributed by atoms with E-state index in [9.17, 15) is 9.59 Å². The Morgan fingerprint density at radius 2 is 1.69 bits per heavy atom. The van der Waals surface area contributed by atoms with Gasteiger partial charge in [-0.05, 0) is 36.1 Å². The third-order valence-corrected chi connectivity index (χ3v) is 5.30. The van der Waals surface area contributed by atoms with E-state index >= 15 is 0 Å². The SMILES string of the molecule is COc1ccc(OC)c(C(=O)N2CCCN(C(=O)c3cccs3)CC2)c1. The summed E-state index contributed by atoms with van der Waals surface area (Å²) in [5.74, 6) is 1.06. The van der Waals surface area contributed by atoms with E-state index in [0.29, 0.717) is 43.2 Å². The molecular formula is C19H22N2O4S. The molecule has 0 bridgehead atoms. The summed E-state index contributed by atoms with van der Waals surface area (Å²) >= 11 is 1.44. The van der Waals surface area contributed by atoms with Gasteiger partial charge in [0.25, 0.3) is 11.8 Å². The van der Waals surface area contributed by atoms with Gasteiger partial charge in [0.1, 0.15) is 11.5 Å². The number of thiophene rings is 1. The Balaban J connectivity index is 1.73. The Morgan fingerprint density at radius 1 is 0.962 bits per heavy atom. The first-order chi connectivity index (χ1) is 12.6. The lowest BCUT2D eigenvalue weighted by Crippen LogP contribution is -2.37. The quantitative estimate of drug-likeness (QED) is 0.826. The standard InChI is InChI=1S/C19H22N2O4S/c1-24-14-6-7-16(25-2)15(13-14)18(22)20-8-4-9-21(11-10-20)19(23)17-5-3-12-26-17/h3,5-7,12-13H,4,8-11H2,1-2H3. The molecule has 0 unspecified atom stereocenters. The predicted octanol–water partition coefficient (Wildman–Crippen LogP) is 2.75. The second kappa shape index (κ2) is 8.23. The maximum Gasteiger partial charge on any atom is 0.263 e. The van der Waals surface area contributed by atoms with Gasteiger partial charge in [0.15, 0.2) is 0 Å². The zero-order valence-corrected chi connectivity index (χ0v) is 15.8. The van der Waals surface area contributed by atoms with Crippen molar-refractivity contribution in [2.45, 2.75) is 6.42 Å². The number of carbonyl (C=O) groups excluding carboxylic acids is 2. The fourth-order valence-electron chi connectivity index (χ4n) is 3.03. The highest BCUT2D eigenvalue weighted by atomic mass is 32.1. The molecule has 0 aliphatic carbocycles. The monoisotopic (exact) mass is 374 g/mol. The van der Waals surface area contributed by atoms with Crippen molar-refractivity contribution in [2.75, 3.05) is 40.4 Å². The molecule has 1 fully saturated rings. The minimum Gasteiger partial charge on any atom is -0.497 e. The lowest BCUT2D eigenvalue weighted by molar-refractivity contribution is 0.0719. The van der Waals surface area contributed by atoms with E-state index in [2.05, 4.69) is 0 Å². The van der Waals surface area contributed by atoms with Gasteiger partial charge in [0.05, 0.1) is 24.7 Å². The Bertz CT molecular complexity index is 776. The summed E-state index contributed by atoms with van der Waals surface area (Å²) in [5, 5.41) is 1.90. The lowest BCUT2D eigenvalue weighted by atomic mass is 10.1. The van der Waals surface area contributed by atoms with E-state index in [1.54, 1.807) is 37.3 Å². The molecule has 6 nitrogen and oxygen atoms in total. The van der Waals surface area contributed by atoms with E-state index in [1.807, 2.05) is 22.4 Å². The third-order valence-electron chi connectivity index (χ3n) is 4.44. The summed E-state index contributed by atoms with van der Waals surface area (Å²) in [4.78, 5) is 29.9. The van der Waals surface area contributed by atoms with Crippen molar-refractivity contribution < 1.29 is 19.1 Å². The molecule has 0 N–H and O–H groups in total. The van der Waals surface area contributed by atoms with Gasteiger partial charge >= 0.3 is 0 Å². The van der Waals surface area contributed by atoms with Gasteiger partial charge in [0, 0.05) is 26.2 Å². The molecule has 2 heterocycles. The highest BCUT2D eigenvalue weighted by Gasteiger charge is 2.25. The molecule has 26 heavy (non-hydrogen) atoms. The molecule has 0 saturated carbocycles. The van der Waals surface area contributed by atoms with Crippen LogP contribution in [0.4, 0.5) is 0 Å². The summed E-state index contributed by atoms with van der Waals surface area (Å²) < 4.78 is 10.6. The third kappa shape index (κ3) is 3.83. The van der Waals surface area contributed by atoms with Crippen LogP contribution in [0.1, 0.15) is 26.5 Å². The van der Waals surface area contributed by atoms with Crippen molar-refractivity contribution in [3.8, 4) is 11.5 Å². The number of ether oxygens (including phenoxy) is 2. The van der Waals surface area contributed by atoms with E-state index in [-0.39, 0.29) is 11.8 Å². The first-order valence-corrected chi connectivity index (χ1v) is 9.36. The minimum atomic E-state index is -0.105. The van der Waals surface area contributed by atoms with Crippen LogP contribution < -0.4 is 9.47 Å². The summed E-state index contributed by atoms with van der Waals surface area (Å²) in [6.45, 7) is 2.27. The summed E-state index contributed by atoms with van der Waals surface area (Å²) in [7, 11) is 3.11. The number of hydrogen-bond acceptors (Lipinski definition) is 5. The Morgan fingerprint density at radius 3 is 2.31 bits per heavy atom. The number of hydrogen-bond donors (Lipinski definition) is 0. The molecule has 1 aliphatic heterocycles. The van der Waals surface area contributed by atoms with Crippen LogP contribution in [-0.2, 0) is 0 Å². The maximum absolute atomic E-state index is 13.0. The zero-order valence-electron chi connectivity index (χ0n) is 14.9. The van der Waals surface area contributed by atoms with Crippen molar-refractivity contribution in [2.24, 2.45) is 0 Å². The fraction of sp³-hybridized carbons (Fsp3) is 0.368. The van der Waals surface area contributed by atoms with E-state index in [0.717, 1.165) is 11.3 Å². The zero-order chi connectivity index (χ0) is 18.5. The van der Waals surface area contributed by atoms with Gasteiger partial charge in [-0.2, -0.15) is 0 Å². The van der Waals surface area contributed by atoms with Crippen LogP contribution in [-0.4, -0.2) is 62.0 Å². The number of carbonyl (C=O) groups is 2. The first kappa shape index (κ1) is 18.3. The average molecular weight is 374 g/mol. The number of benzene rings is 1. The van der Waals surface area contributed by atoms with Crippen LogP contribution in [0.25, 0.3) is 0 Å². The molecule has 0 atom stereocenters. The van der Waals surface area contributed by atoms with Crippen LogP contribution in [0.3, 0.4) is 0 Å². The van der Waals surface area contributed by atoms with Gasteiger partial charge in [-0.1, -0.05) is 6.07 Å². The van der Waals surface area contributed by atoms with Crippen molar-refractivity contribution in [3.05, 3.63) is 46.2 Å². The second-order valence-corrected chi connectivity index (χ2v) is 6.93. The van der Waals surface area contributed by atoms with E-state index in [4.69, 9.17) is 9.47 Å². The molecule has 3 rings (SSSR count). The largest absolute Gasteiger partial charge is 0.497 e. The maximum atomic E-state index is 13.0. The Kier molecular flexibility index (Phi) is 5.78. The molecule has 0 radical (unpaired) electrons. The molecule has 1 aliphatic rings. The average Bonchev–Trinajstić information content (AvgIpc) is 3.11. The molecule has 138 valence electrons. The molecular weight excluding hydrogens is 352 g/mol. The number of amides is 2. The van der Waals surface area contributed by atoms with E-state index in [1.165, 1.54) is 11.3 Å². The first-order valence-electron chi connectivity index (χ1n) is 8.48. The molecule has 1 saturated heterocycles. The number of nitrogens with zero attached hydrogens (tertiary/aromatic N) is 2. The van der Waals surface area contributed by atoms with Crippen molar-refractivity contribution in [1.29, 1.82) is 0 Å². The van der Waals surface area contributed by atoms with Crippen molar-refractivity contribution >= 4 is 23.2 Å². The fourth-order valence-corrected chi connectivity index (χ4v) is 3.72. The highest BCUT2D eigenvalue weighted by molar-refractivity contribution is 7.12. The van der Waals surface area contributed by atoms with Crippen LogP contribution in [0.5, 0.6) is 11.5 Å². The van der Waals surface area contributed by atoms with Gasteiger partial charge in [-0.15, -0.1) is 11.3 Å². The summed E-state index contributed by atoms with van der Waals surface area (Å²) in [5.41, 5.74) is 0.477. The molecule has 7 heteroatoms. The molecule has 1 aromatic carbocycles. The Labute approximate surface area is 156 Å². The van der Waals surface area contributed by atoms with Gasteiger partial charge in [0.2, 0.25) is 0 Å². The molecule has 2 amide bonds. The van der Waals surface area contributed by atoms with Crippen LogP contribution in [0.2, 0.25) is 0 Å². The van der Waals surface area contributed by atoms with Crippen molar-refractivity contribution in [1.82, 2.24) is 9.80 Å². The van der Waals surface area contributed by atoms with Gasteiger partial charge in [-0.3, -0.25) is 9.59 Å². The molecule has 0 spiro atoms. The van der Waals surface area contributed by atoms with Crippen molar-refractivity contribution in [3.63, 3.8) is 0 Å². The van der Waals surface area contributed by atoms with Crippen LogP contribution in [0.15, 0.2) is 35.7 Å². The highest BCUT2D eigenvalue weighted by Crippen LogP contribution is 2.26.